The average Bonchev–Trinajstić information content (AvgIpc) is 2.75. The fraction of sp³-hybridized carbons (Fsp3) is 0.417. The zero-order valence-electron chi connectivity index (χ0n) is 9.23. The topological polar surface area (TPSA) is 72.3 Å². The predicted octanol–water partition coefficient (Wildman–Crippen LogP) is 0.772. The maximum atomic E-state index is 11.5. The van der Waals surface area contributed by atoms with E-state index in [1.54, 1.807) is 0 Å². The first-order chi connectivity index (χ1) is 7.72. The lowest BCUT2D eigenvalue weighted by Crippen LogP contribution is -2.24. The Bertz CT molecular complexity index is 374. The average molecular weight is 219 g/mol. The highest BCUT2D eigenvalue weighted by molar-refractivity contribution is 5.95. The number of benzene rings is 1. The van der Waals surface area contributed by atoms with Crippen molar-refractivity contribution in [1.29, 1.82) is 0 Å². The number of amides is 1. The molecule has 2 rings (SSSR count). The molecule has 86 valence electrons. The summed E-state index contributed by atoms with van der Waals surface area (Å²) in [6.07, 6.45) is 1.60. The molecule has 0 radical (unpaired) electrons. The van der Waals surface area contributed by atoms with Crippen LogP contribution in [0.1, 0.15) is 24.4 Å². The lowest BCUT2D eigenvalue weighted by molar-refractivity contribution is -0.117. The standard InChI is InChI=1S/C12H17N3O/c13-8-11(14)9-3-5-10(6-4-9)15-7-1-2-12(15)16/h3-6,11H,1-2,7-8,13-14H2/t11-/m0/s1. The molecule has 4 N–H and O–H groups in total. The van der Waals surface area contributed by atoms with Gasteiger partial charge in [0.15, 0.2) is 0 Å². The van der Waals surface area contributed by atoms with Crippen LogP contribution in [-0.2, 0) is 4.79 Å². The smallest absolute Gasteiger partial charge is 0.227 e. The fourth-order valence-electron chi connectivity index (χ4n) is 1.96. The molecule has 1 aromatic rings. The van der Waals surface area contributed by atoms with Crippen LogP contribution in [0.3, 0.4) is 0 Å². The van der Waals surface area contributed by atoms with Gasteiger partial charge in [-0.25, -0.2) is 0 Å². The molecule has 1 amide bonds. The largest absolute Gasteiger partial charge is 0.329 e. The second-order valence-corrected chi connectivity index (χ2v) is 4.08. The Hall–Kier alpha value is -1.39. The molecule has 1 aliphatic heterocycles. The number of rotatable bonds is 3. The van der Waals surface area contributed by atoms with Crippen LogP contribution in [0.4, 0.5) is 5.69 Å². The number of anilines is 1. The van der Waals surface area contributed by atoms with E-state index in [4.69, 9.17) is 11.5 Å². The quantitative estimate of drug-likeness (QED) is 0.788. The van der Waals surface area contributed by atoms with E-state index >= 15 is 0 Å². The maximum absolute atomic E-state index is 11.5. The molecule has 1 aromatic carbocycles. The molecular weight excluding hydrogens is 202 g/mol. The molecule has 1 aliphatic rings. The van der Waals surface area contributed by atoms with Crippen molar-refractivity contribution in [1.82, 2.24) is 0 Å². The van der Waals surface area contributed by atoms with Crippen molar-refractivity contribution in [3.05, 3.63) is 29.8 Å². The molecule has 0 saturated carbocycles. The third kappa shape index (κ3) is 2.08. The summed E-state index contributed by atoms with van der Waals surface area (Å²) >= 11 is 0. The van der Waals surface area contributed by atoms with E-state index in [0.717, 1.165) is 24.2 Å². The van der Waals surface area contributed by atoms with Gasteiger partial charge < -0.3 is 16.4 Å². The molecule has 1 saturated heterocycles. The maximum Gasteiger partial charge on any atom is 0.227 e. The summed E-state index contributed by atoms with van der Waals surface area (Å²) in [7, 11) is 0. The van der Waals surface area contributed by atoms with E-state index in [0.29, 0.717) is 13.0 Å². The number of carbonyl (C=O) groups excluding carboxylic acids is 1. The van der Waals surface area contributed by atoms with Gasteiger partial charge in [-0.15, -0.1) is 0 Å². The van der Waals surface area contributed by atoms with Gasteiger partial charge in [-0.3, -0.25) is 4.79 Å². The Morgan fingerprint density at radius 3 is 2.50 bits per heavy atom. The van der Waals surface area contributed by atoms with Crippen LogP contribution >= 0.6 is 0 Å². The van der Waals surface area contributed by atoms with Gasteiger partial charge in [-0.2, -0.15) is 0 Å². The molecule has 4 heteroatoms. The summed E-state index contributed by atoms with van der Waals surface area (Å²) in [5.74, 6) is 0.205. The van der Waals surface area contributed by atoms with Crippen molar-refractivity contribution < 1.29 is 4.79 Å². The van der Waals surface area contributed by atoms with Gasteiger partial charge in [0.1, 0.15) is 0 Å². The molecule has 0 aromatic heterocycles. The van der Waals surface area contributed by atoms with Crippen molar-refractivity contribution in [2.45, 2.75) is 18.9 Å². The van der Waals surface area contributed by atoms with Gasteiger partial charge >= 0.3 is 0 Å². The number of nitrogens with two attached hydrogens (primary N) is 2. The van der Waals surface area contributed by atoms with Crippen molar-refractivity contribution in [3.63, 3.8) is 0 Å². The van der Waals surface area contributed by atoms with E-state index in [2.05, 4.69) is 0 Å². The van der Waals surface area contributed by atoms with Crippen LogP contribution in [0.25, 0.3) is 0 Å². The van der Waals surface area contributed by atoms with E-state index < -0.39 is 0 Å². The Kier molecular flexibility index (Phi) is 3.22. The van der Waals surface area contributed by atoms with Crippen molar-refractivity contribution in [2.75, 3.05) is 18.0 Å². The third-order valence-electron chi connectivity index (χ3n) is 2.96. The van der Waals surface area contributed by atoms with Gasteiger partial charge in [0.2, 0.25) is 5.91 Å². The lowest BCUT2D eigenvalue weighted by Gasteiger charge is -2.17. The summed E-state index contributed by atoms with van der Waals surface area (Å²) in [4.78, 5) is 13.3. The molecule has 0 bridgehead atoms. The monoisotopic (exact) mass is 219 g/mol. The van der Waals surface area contributed by atoms with E-state index in [-0.39, 0.29) is 11.9 Å². The molecule has 1 fully saturated rings. The molecular formula is C12H17N3O. The van der Waals surface area contributed by atoms with Crippen molar-refractivity contribution in [3.8, 4) is 0 Å². The predicted molar refractivity (Wildman–Crippen MR) is 64.0 cm³/mol. The molecule has 0 unspecified atom stereocenters. The Morgan fingerprint density at radius 2 is 2.00 bits per heavy atom. The van der Waals surface area contributed by atoms with Crippen LogP contribution < -0.4 is 16.4 Å². The van der Waals surface area contributed by atoms with E-state index in [1.807, 2.05) is 29.2 Å². The first-order valence-corrected chi connectivity index (χ1v) is 5.58. The summed E-state index contributed by atoms with van der Waals surface area (Å²) in [6, 6.07) is 7.64. The molecule has 4 nitrogen and oxygen atoms in total. The zero-order valence-corrected chi connectivity index (χ0v) is 9.23. The van der Waals surface area contributed by atoms with Crippen LogP contribution in [0.5, 0.6) is 0 Å². The minimum absolute atomic E-state index is 0.122. The minimum atomic E-state index is -0.122. The van der Waals surface area contributed by atoms with Crippen LogP contribution in [0, 0.1) is 0 Å². The number of hydrogen-bond donors (Lipinski definition) is 2. The highest BCUT2D eigenvalue weighted by Crippen LogP contribution is 2.22. The van der Waals surface area contributed by atoms with Crippen LogP contribution in [0.15, 0.2) is 24.3 Å². The normalized spacial score (nSPS) is 17.9. The van der Waals surface area contributed by atoms with Gasteiger partial charge in [-0.05, 0) is 24.1 Å². The van der Waals surface area contributed by atoms with Crippen molar-refractivity contribution >= 4 is 11.6 Å². The van der Waals surface area contributed by atoms with Gasteiger partial charge in [0.05, 0.1) is 0 Å². The summed E-state index contributed by atoms with van der Waals surface area (Å²) in [6.45, 7) is 1.25. The number of nitrogens with zero attached hydrogens (tertiary/aromatic N) is 1. The fourth-order valence-corrected chi connectivity index (χ4v) is 1.96. The van der Waals surface area contributed by atoms with E-state index in [9.17, 15) is 4.79 Å². The molecule has 0 aliphatic carbocycles. The molecule has 16 heavy (non-hydrogen) atoms. The minimum Gasteiger partial charge on any atom is -0.329 e. The van der Waals surface area contributed by atoms with Crippen LogP contribution in [-0.4, -0.2) is 19.0 Å². The van der Waals surface area contributed by atoms with E-state index in [1.165, 1.54) is 0 Å². The molecule has 1 heterocycles. The number of hydrogen-bond acceptors (Lipinski definition) is 3. The Balaban J connectivity index is 2.15. The first-order valence-electron chi connectivity index (χ1n) is 5.58. The SMILES string of the molecule is NC[C@H](N)c1ccc(N2CCCC2=O)cc1. The molecule has 1 atom stereocenters. The van der Waals surface area contributed by atoms with Gasteiger partial charge in [0.25, 0.3) is 0 Å². The Labute approximate surface area is 95.2 Å². The summed E-state index contributed by atoms with van der Waals surface area (Å²) in [5.41, 5.74) is 13.3. The summed E-state index contributed by atoms with van der Waals surface area (Å²) < 4.78 is 0. The second kappa shape index (κ2) is 4.63. The highest BCUT2D eigenvalue weighted by atomic mass is 16.2. The van der Waals surface area contributed by atoms with Gasteiger partial charge in [-0.1, -0.05) is 12.1 Å². The van der Waals surface area contributed by atoms with Gasteiger partial charge in [0, 0.05) is 31.2 Å². The molecule has 0 spiro atoms. The van der Waals surface area contributed by atoms with Crippen LogP contribution in [0.2, 0.25) is 0 Å². The summed E-state index contributed by atoms with van der Waals surface area (Å²) in [5, 5.41) is 0. The Morgan fingerprint density at radius 1 is 1.31 bits per heavy atom. The van der Waals surface area contributed by atoms with Crippen molar-refractivity contribution in [2.24, 2.45) is 11.5 Å². The third-order valence-corrected chi connectivity index (χ3v) is 2.96. The lowest BCUT2D eigenvalue weighted by atomic mass is 10.1. The first kappa shape index (κ1) is 11.1. The number of carbonyl (C=O) groups is 1. The second-order valence-electron chi connectivity index (χ2n) is 4.08. The zero-order chi connectivity index (χ0) is 11.5. The highest BCUT2D eigenvalue weighted by Gasteiger charge is 2.21.